The minimum atomic E-state index is -1.05. The summed E-state index contributed by atoms with van der Waals surface area (Å²) in [6.07, 6.45) is 0. The molecule has 50 heavy (non-hydrogen) atoms. The van der Waals surface area contributed by atoms with Crippen molar-refractivity contribution in [3.05, 3.63) is 166 Å². The van der Waals surface area contributed by atoms with Crippen LogP contribution in [0.1, 0.15) is 101 Å². The second-order valence-corrected chi connectivity index (χ2v) is 18.3. The summed E-state index contributed by atoms with van der Waals surface area (Å²) in [4.78, 5) is 2.38. The maximum Gasteiger partial charge on any atom is 0.0453 e. The Morgan fingerprint density at radius 2 is 0.860 bits per heavy atom. The van der Waals surface area contributed by atoms with E-state index >= 15 is 0 Å². The van der Waals surface area contributed by atoms with Crippen LogP contribution in [0.3, 0.4) is 0 Å². The summed E-state index contributed by atoms with van der Waals surface area (Å²) in [5.41, 5.74) is 11.2. The number of rotatable bonds is 2. The lowest BCUT2D eigenvalue weighted by Gasteiger charge is -2.22. The van der Waals surface area contributed by atoms with Crippen LogP contribution in [0.15, 0.2) is 121 Å². The number of thiophene rings is 2. The highest BCUT2D eigenvalue weighted by atomic mass is 32.1. The quantitative estimate of drug-likeness (QED) is 0.170. The van der Waals surface area contributed by atoms with Gasteiger partial charge in [-0.05, 0) is 124 Å². The molecule has 0 radical (unpaired) electrons. The van der Waals surface area contributed by atoms with Gasteiger partial charge in [0.05, 0.1) is 0 Å². The number of fused-ring (bicyclic) bond motifs is 11. The lowest BCUT2D eigenvalue weighted by Crippen LogP contribution is -2.11. The maximum atomic E-state index is 10.5. The van der Waals surface area contributed by atoms with E-state index in [1.54, 1.807) is 22.7 Å². The highest BCUT2D eigenvalue weighted by Gasteiger charge is 2.37. The number of hydrogen-bond donors (Lipinski definition) is 0. The van der Waals surface area contributed by atoms with E-state index in [2.05, 4.69) is 163 Å². The Kier molecular flexibility index (Phi) is 5.93. The molecule has 2 aromatic heterocycles. The van der Waals surface area contributed by atoms with Crippen LogP contribution in [0.4, 0.5) is 0 Å². The Morgan fingerprint density at radius 3 is 1.24 bits per heavy atom. The van der Waals surface area contributed by atoms with Crippen molar-refractivity contribution in [2.75, 3.05) is 0 Å². The predicted molar refractivity (Wildman–Crippen MR) is 218 cm³/mol. The Balaban J connectivity index is 1.24. The van der Waals surface area contributed by atoms with Gasteiger partial charge in [-0.3, -0.25) is 0 Å². The monoisotopic (exact) mass is 682 g/mol. The normalized spacial score (nSPS) is 20.1. The van der Waals surface area contributed by atoms with Gasteiger partial charge in [-0.1, -0.05) is 126 Å². The molecule has 0 aliphatic heterocycles. The minimum absolute atomic E-state index is 0.0330. The van der Waals surface area contributed by atoms with Crippen LogP contribution in [-0.2, 0) is 10.8 Å². The summed E-state index contributed by atoms with van der Waals surface area (Å²) in [5, 5.41) is 4.57. The van der Waals surface area contributed by atoms with Gasteiger partial charge in [-0.2, -0.15) is 0 Å². The molecule has 2 heteroatoms. The SMILES string of the molecule is [2H]C1(c2ccc(C(C)(C)C)cc2)c2cc3cc4c(cc3cc2-c2sc3ccccc3c21)C([2H])(c1ccc(C(C)(C)C)cc1)c1c-4sc2ccccc12. The van der Waals surface area contributed by atoms with Crippen LogP contribution in [0.2, 0.25) is 0 Å². The summed E-state index contributed by atoms with van der Waals surface area (Å²) in [6, 6.07) is 44.1. The fourth-order valence-corrected chi connectivity index (χ4v) is 10.7. The Hall–Kier alpha value is -4.50. The zero-order chi connectivity index (χ0) is 35.9. The van der Waals surface area contributed by atoms with E-state index in [0.29, 0.717) is 0 Å². The third kappa shape index (κ3) is 4.41. The first-order valence-electron chi connectivity index (χ1n) is 18.7. The van der Waals surface area contributed by atoms with E-state index in [1.165, 1.54) is 41.1 Å². The fourth-order valence-electron chi connectivity index (χ4n) is 8.25. The Morgan fingerprint density at radius 1 is 0.480 bits per heavy atom. The highest BCUT2D eigenvalue weighted by Crippen LogP contribution is 2.58. The molecule has 0 bridgehead atoms. The van der Waals surface area contributed by atoms with Crippen LogP contribution in [0, 0.1) is 0 Å². The summed E-state index contributed by atoms with van der Waals surface area (Å²) in [6.45, 7) is 13.5. The molecule has 0 amide bonds. The lowest BCUT2D eigenvalue weighted by atomic mass is 9.82. The predicted octanol–water partition coefficient (Wildman–Crippen LogP) is 14.2. The van der Waals surface area contributed by atoms with Gasteiger partial charge in [0.1, 0.15) is 0 Å². The Labute approximate surface area is 305 Å². The smallest absolute Gasteiger partial charge is 0.0453 e. The number of hydrogen-bond acceptors (Lipinski definition) is 2. The van der Waals surface area contributed by atoms with Crippen molar-refractivity contribution < 1.29 is 2.74 Å². The van der Waals surface area contributed by atoms with Gasteiger partial charge < -0.3 is 0 Å². The molecule has 2 aliphatic rings. The summed E-state index contributed by atoms with van der Waals surface area (Å²) in [5.74, 6) is -2.10. The largest absolute Gasteiger partial charge is 0.135 e. The average Bonchev–Trinajstić information content (AvgIpc) is 3.84. The molecule has 0 spiro atoms. The molecule has 6 aromatic carbocycles. The molecular weight excluding hydrogens is 641 g/mol. The minimum Gasteiger partial charge on any atom is -0.135 e. The summed E-state index contributed by atoms with van der Waals surface area (Å²) >= 11 is 3.61. The molecule has 0 saturated heterocycles. The van der Waals surface area contributed by atoms with Gasteiger partial charge in [0.25, 0.3) is 0 Å². The van der Waals surface area contributed by atoms with Gasteiger partial charge in [0.15, 0.2) is 0 Å². The van der Waals surface area contributed by atoms with Crippen LogP contribution >= 0.6 is 22.7 Å². The first kappa shape index (κ1) is 28.2. The first-order chi connectivity index (χ1) is 24.8. The van der Waals surface area contributed by atoms with E-state index in [1.807, 2.05) is 0 Å². The van der Waals surface area contributed by atoms with Crippen molar-refractivity contribution in [3.63, 3.8) is 0 Å². The van der Waals surface area contributed by atoms with Crippen molar-refractivity contribution in [1.82, 2.24) is 0 Å². The fraction of sp³-hybridized carbons (Fsp3) is 0.208. The first-order valence-corrected chi connectivity index (χ1v) is 19.3. The van der Waals surface area contributed by atoms with Crippen molar-refractivity contribution in [2.45, 2.75) is 64.2 Å². The molecule has 8 aromatic rings. The zero-order valence-electron chi connectivity index (χ0n) is 31.4. The molecule has 244 valence electrons. The van der Waals surface area contributed by atoms with Crippen LogP contribution in [0.25, 0.3) is 51.8 Å². The van der Waals surface area contributed by atoms with Crippen LogP contribution in [0.5, 0.6) is 0 Å². The third-order valence-electron chi connectivity index (χ3n) is 10.9. The van der Waals surface area contributed by atoms with Crippen molar-refractivity contribution in [2.24, 2.45) is 0 Å². The number of benzene rings is 6. The molecule has 2 atom stereocenters. The summed E-state index contributed by atoms with van der Waals surface area (Å²) < 4.78 is 23.5. The zero-order valence-corrected chi connectivity index (χ0v) is 31.0. The molecule has 10 rings (SSSR count). The molecule has 0 nitrogen and oxygen atoms in total. The topological polar surface area (TPSA) is 0 Å². The molecule has 2 aliphatic carbocycles. The van der Waals surface area contributed by atoms with E-state index in [9.17, 15) is 2.74 Å². The van der Waals surface area contributed by atoms with Crippen molar-refractivity contribution >= 4 is 53.6 Å². The molecule has 2 heterocycles. The van der Waals surface area contributed by atoms with E-state index in [0.717, 1.165) is 55.3 Å². The van der Waals surface area contributed by atoms with Gasteiger partial charge >= 0.3 is 0 Å². The molecule has 0 N–H and O–H groups in total. The maximum absolute atomic E-state index is 10.5. The molecule has 0 fully saturated rings. The third-order valence-corrected chi connectivity index (χ3v) is 13.3. The van der Waals surface area contributed by atoms with E-state index in [4.69, 9.17) is 0 Å². The van der Waals surface area contributed by atoms with Crippen molar-refractivity contribution in [3.8, 4) is 20.9 Å². The lowest BCUT2D eigenvalue weighted by molar-refractivity contribution is 0.589. The van der Waals surface area contributed by atoms with Crippen molar-refractivity contribution in [1.29, 1.82) is 0 Å². The van der Waals surface area contributed by atoms with Gasteiger partial charge in [0, 0.05) is 33.7 Å². The molecule has 2 unspecified atom stereocenters. The van der Waals surface area contributed by atoms with Gasteiger partial charge in [-0.15, -0.1) is 22.7 Å². The molecular formula is C48H40S2. The molecule has 0 saturated carbocycles. The second-order valence-electron chi connectivity index (χ2n) is 16.2. The van der Waals surface area contributed by atoms with Crippen LogP contribution in [-0.4, -0.2) is 0 Å². The van der Waals surface area contributed by atoms with Gasteiger partial charge in [0.2, 0.25) is 0 Å². The van der Waals surface area contributed by atoms with E-state index in [-0.39, 0.29) is 10.8 Å². The van der Waals surface area contributed by atoms with Gasteiger partial charge in [-0.25, -0.2) is 0 Å². The second kappa shape index (κ2) is 10.5. The average molecular weight is 683 g/mol. The summed E-state index contributed by atoms with van der Waals surface area (Å²) in [7, 11) is 0. The van der Waals surface area contributed by atoms with E-state index < -0.39 is 11.8 Å². The van der Waals surface area contributed by atoms with Crippen LogP contribution < -0.4 is 0 Å². The Bertz CT molecular complexity index is 2580. The standard InChI is InChI=1S/C48H40S2/c1-47(2,3)31-19-15-27(16-20-31)41-35-23-29-26-38-36(24-30(29)25-37(35)45-43(41)33-11-7-9-13-39(33)49-45)42(28-17-21-32(22-18-28)48(4,5)6)44-34-12-8-10-14-40(34)50-46(38)44/h7-26,41-42H,1-6H3/i41D,42D. The highest BCUT2D eigenvalue weighted by molar-refractivity contribution is 7.23.